The number of guanidine groups is 1. The maximum absolute atomic E-state index is 12.6. The van der Waals surface area contributed by atoms with Gasteiger partial charge in [-0.3, -0.25) is 9.79 Å². The number of rotatable bonds is 14. The van der Waals surface area contributed by atoms with Gasteiger partial charge in [0.05, 0.1) is 11.5 Å². The van der Waals surface area contributed by atoms with E-state index in [-0.39, 0.29) is 37.0 Å². The molecule has 9 nitrogen and oxygen atoms in total. The van der Waals surface area contributed by atoms with Crippen LogP contribution < -0.4 is 16.2 Å². The molecule has 10 heteroatoms. The van der Waals surface area contributed by atoms with Crippen LogP contribution in [0.4, 0.5) is 0 Å². The largest absolute Gasteiger partial charge is 0.462 e. The van der Waals surface area contributed by atoms with Crippen LogP contribution in [0.25, 0.3) is 0 Å². The molecular formula is C19H32N4O5S. The third-order valence-electron chi connectivity index (χ3n) is 3.97. The molecule has 0 amide bonds. The third-order valence-corrected chi connectivity index (χ3v) is 5.46. The lowest BCUT2D eigenvalue weighted by atomic mass is 10.2. The quantitative estimate of drug-likeness (QED) is 0.174. The van der Waals surface area contributed by atoms with Crippen LogP contribution in [0.1, 0.15) is 38.2 Å². The summed E-state index contributed by atoms with van der Waals surface area (Å²) < 4.78 is 38.2. The second kappa shape index (κ2) is 13.1. The molecule has 0 radical (unpaired) electrons. The second-order valence-corrected chi connectivity index (χ2v) is 8.28. The number of carbonyl (C=O) groups excluding carboxylic acids is 1. The van der Waals surface area contributed by atoms with Crippen molar-refractivity contribution in [2.45, 2.75) is 50.5 Å². The van der Waals surface area contributed by atoms with E-state index in [1.165, 1.54) is 12.1 Å². The topological polar surface area (TPSA) is 146 Å². The summed E-state index contributed by atoms with van der Waals surface area (Å²) in [5, 5.41) is 0. The molecule has 1 atom stereocenters. The lowest BCUT2D eigenvalue weighted by Gasteiger charge is -2.18. The SMILES string of the molecule is CCCCOCCOC(=O)[C@@H](CCCN=C(N)N)NS(=O)(=O)c1ccc(C)cc1. The van der Waals surface area contributed by atoms with Gasteiger partial charge in [0.25, 0.3) is 0 Å². The molecule has 0 spiro atoms. The Bertz CT molecular complexity index is 746. The Labute approximate surface area is 172 Å². The normalized spacial score (nSPS) is 12.3. The van der Waals surface area contributed by atoms with Crippen molar-refractivity contribution in [2.75, 3.05) is 26.4 Å². The number of unbranched alkanes of at least 4 members (excludes halogenated alkanes) is 1. The van der Waals surface area contributed by atoms with Gasteiger partial charge in [-0.1, -0.05) is 31.0 Å². The number of nitrogens with zero attached hydrogens (tertiary/aromatic N) is 1. The Balaban J connectivity index is 2.72. The highest BCUT2D eigenvalue weighted by Gasteiger charge is 2.26. The first-order valence-electron chi connectivity index (χ1n) is 9.65. The Kier molecular flexibility index (Phi) is 11.3. The molecule has 0 aliphatic heterocycles. The smallest absolute Gasteiger partial charge is 0.324 e. The second-order valence-electron chi connectivity index (χ2n) is 6.57. The van der Waals surface area contributed by atoms with E-state index in [1.54, 1.807) is 12.1 Å². The number of carbonyl (C=O) groups is 1. The van der Waals surface area contributed by atoms with Crippen molar-refractivity contribution in [3.63, 3.8) is 0 Å². The Morgan fingerprint density at radius 3 is 2.45 bits per heavy atom. The predicted molar refractivity (Wildman–Crippen MR) is 112 cm³/mol. The molecule has 29 heavy (non-hydrogen) atoms. The van der Waals surface area contributed by atoms with Gasteiger partial charge >= 0.3 is 5.97 Å². The van der Waals surface area contributed by atoms with E-state index in [0.717, 1.165) is 18.4 Å². The van der Waals surface area contributed by atoms with E-state index < -0.39 is 22.0 Å². The average molecular weight is 429 g/mol. The molecule has 0 unspecified atom stereocenters. The minimum atomic E-state index is -3.88. The van der Waals surface area contributed by atoms with Gasteiger partial charge in [-0.05, 0) is 38.3 Å². The number of nitrogens with two attached hydrogens (primary N) is 2. The lowest BCUT2D eigenvalue weighted by Crippen LogP contribution is -2.42. The summed E-state index contributed by atoms with van der Waals surface area (Å²) in [7, 11) is -3.88. The summed E-state index contributed by atoms with van der Waals surface area (Å²) in [5.41, 5.74) is 11.5. The molecule has 0 heterocycles. The number of nitrogens with one attached hydrogen (secondary N) is 1. The molecular weight excluding hydrogens is 396 g/mol. The number of sulfonamides is 1. The molecule has 1 rings (SSSR count). The molecule has 0 fully saturated rings. The molecule has 164 valence electrons. The number of ether oxygens (including phenoxy) is 2. The fraction of sp³-hybridized carbons (Fsp3) is 0.579. The maximum atomic E-state index is 12.6. The zero-order valence-corrected chi connectivity index (χ0v) is 17.9. The van der Waals surface area contributed by atoms with E-state index in [9.17, 15) is 13.2 Å². The number of benzene rings is 1. The molecule has 0 aromatic heterocycles. The van der Waals surface area contributed by atoms with Crippen LogP contribution in [0.2, 0.25) is 0 Å². The molecule has 0 aliphatic carbocycles. The van der Waals surface area contributed by atoms with Crippen molar-refractivity contribution in [1.29, 1.82) is 0 Å². The van der Waals surface area contributed by atoms with Gasteiger partial charge in [-0.25, -0.2) is 8.42 Å². The number of esters is 1. The van der Waals surface area contributed by atoms with Crippen LogP contribution in [0, 0.1) is 6.92 Å². The van der Waals surface area contributed by atoms with Crippen molar-refractivity contribution in [3.8, 4) is 0 Å². The molecule has 1 aromatic rings. The van der Waals surface area contributed by atoms with Crippen LogP contribution in [0.3, 0.4) is 0 Å². The summed E-state index contributed by atoms with van der Waals surface area (Å²) >= 11 is 0. The van der Waals surface area contributed by atoms with Crippen LogP contribution in [-0.4, -0.2) is 52.8 Å². The van der Waals surface area contributed by atoms with Crippen molar-refractivity contribution in [1.82, 2.24) is 4.72 Å². The van der Waals surface area contributed by atoms with Gasteiger partial charge in [0.1, 0.15) is 12.6 Å². The van der Waals surface area contributed by atoms with Gasteiger partial charge in [-0.2, -0.15) is 4.72 Å². The molecule has 1 aromatic carbocycles. The number of hydrogen-bond donors (Lipinski definition) is 3. The molecule has 0 bridgehead atoms. The molecule has 0 aliphatic rings. The summed E-state index contributed by atoms with van der Waals surface area (Å²) in [6.07, 6.45) is 2.54. The van der Waals surface area contributed by atoms with Crippen LogP contribution in [-0.2, 0) is 24.3 Å². The predicted octanol–water partition coefficient (Wildman–Crippen LogP) is 1.06. The highest BCUT2D eigenvalue weighted by Crippen LogP contribution is 2.12. The zero-order chi connectivity index (χ0) is 21.7. The Morgan fingerprint density at radius 1 is 1.14 bits per heavy atom. The number of hydrogen-bond acceptors (Lipinski definition) is 6. The first-order valence-corrected chi connectivity index (χ1v) is 11.1. The fourth-order valence-corrected chi connectivity index (χ4v) is 3.57. The van der Waals surface area contributed by atoms with E-state index >= 15 is 0 Å². The van der Waals surface area contributed by atoms with Gasteiger partial charge in [0.15, 0.2) is 5.96 Å². The molecule has 0 saturated carbocycles. The van der Waals surface area contributed by atoms with Crippen LogP contribution in [0.15, 0.2) is 34.2 Å². The van der Waals surface area contributed by atoms with E-state index in [2.05, 4.69) is 16.6 Å². The summed E-state index contributed by atoms with van der Waals surface area (Å²) in [6.45, 7) is 5.09. The zero-order valence-electron chi connectivity index (χ0n) is 17.1. The van der Waals surface area contributed by atoms with E-state index in [0.29, 0.717) is 13.0 Å². The van der Waals surface area contributed by atoms with Gasteiger partial charge in [0.2, 0.25) is 10.0 Å². The monoisotopic (exact) mass is 428 g/mol. The highest BCUT2D eigenvalue weighted by molar-refractivity contribution is 7.89. The van der Waals surface area contributed by atoms with E-state index in [1.807, 2.05) is 6.92 Å². The average Bonchev–Trinajstić information content (AvgIpc) is 2.67. The van der Waals surface area contributed by atoms with Gasteiger partial charge in [-0.15, -0.1) is 0 Å². The fourth-order valence-electron chi connectivity index (χ4n) is 2.35. The third kappa shape index (κ3) is 10.2. The standard InChI is InChI=1S/C19H32N4O5S/c1-3-4-12-27-13-14-28-18(24)17(6-5-11-22-19(20)21)23-29(25,26)16-9-7-15(2)8-10-16/h7-10,17,23H,3-6,11-14H2,1-2H3,(H4,20,21,22)/t17-/m1/s1. The molecule has 5 N–H and O–H groups in total. The Morgan fingerprint density at radius 2 is 1.83 bits per heavy atom. The first-order chi connectivity index (χ1) is 13.8. The number of aryl methyl sites for hydroxylation is 1. The summed E-state index contributed by atoms with van der Waals surface area (Å²) in [5.74, 6) is -0.724. The Hall–Kier alpha value is -2.17. The lowest BCUT2D eigenvalue weighted by molar-refractivity contribution is -0.147. The summed E-state index contributed by atoms with van der Waals surface area (Å²) in [6, 6.07) is 5.30. The minimum Gasteiger partial charge on any atom is -0.462 e. The van der Waals surface area contributed by atoms with Gasteiger partial charge < -0.3 is 20.9 Å². The van der Waals surface area contributed by atoms with Crippen molar-refractivity contribution >= 4 is 22.0 Å². The number of aliphatic imine (C=N–C) groups is 1. The van der Waals surface area contributed by atoms with E-state index in [4.69, 9.17) is 20.9 Å². The van der Waals surface area contributed by atoms with Crippen molar-refractivity contribution in [3.05, 3.63) is 29.8 Å². The molecule has 0 saturated heterocycles. The maximum Gasteiger partial charge on any atom is 0.324 e. The van der Waals surface area contributed by atoms with Crippen LogP contribution in [0.5, 0.6) is 0 Å². The first kappa shape index (κ1) is 24.9. The summed E-state index contributed by atoms with van der Waals surface area (Å²) in [4.78, 5) is 16.4. The van der Waals surface area contributed by atoms with Crippen molar-refractivity contribution < 1.29 is 22.7 Å². The van der Waals surface area contributed by atoms with Crippen molar-refractivity contribution in [2.24, 2.45) is 16.5 Å². The minimum absolute atomic E-state index is 0.0548. The highest BCUT2D eigenvalue weighted by atomic mass is 32.2. The van der Waals surface area contributed by atoms with Gasteiger partial charge in [0, 0.05) is 13.2 Å². The van der Waals surface area contributed by atoms with Crippen LogP contribution >= 0.6 is 0 Å².